The van der Waals surface area contributed by atoms with E-state index < -0.39 is 5.92 Å². The zero-order chi connectivity index (χ0) is 10.8. The summed E-state index contributed by atoms with van der Waals surface area (Å²) in [4.78, 5) is 13.4. The van der Waals surface area contributed by atoms with E-state index in [1.807, 2.05) is 10.6 Å². The van der Waals surface area contributed by atoms with Gasteiger partial charge in [0, 0.05) is 13.1 Å². The van der Waals surface area contributed by atoms with Gasteiger partial charge in [-0.25, -0.2) is 0 Å². The molecular formula is C9H11N5O. The second-order valence-electron chi connectivity index (χ2n) is 3.55. The molecule has 78 valence electrons. The van der Waals surface area contributed by atoms with Gasteiger partial charge in [-0.1, -0.05) is 0 Å². The van der Waals surface area contributed by atoms with E-state index in [-0.39, 0.29) is 5.91 Å². The van der Waals surface area contributed by atoms with Crippen molar-refractivity contribution in [2.45, 2.75) is 20.0 Å². The van der Waals surface area contributed by atoms with Crippen molar-refractivity contribution in [2.24, 2.45) is 5.92 Å². The molecule has 0 saturated heterocycles. The Balaban J connectivity index is 2.11. The van der Waals surface area contributed by atoms with Gasteiger partial charge in [-0.3, -0.25) is 4.79 Å². The van der Waals surface area contributed by atoms with Gasteiger partial charge >= 0.3 is 0 Å². The molecule has 1 unspecified atom stereocenters. The average Bonchev–Trinajstić information content (AvgIpc) is 2.73. The van der Waals surface area contributed by atoms with Crippen LogP contribution >= 0.6 is 0 Å². The lowest BCUT2D eigenvalue weighted by atomic mass is 10.1. The zero-order valence-corrected chi connectivity index (χ0v) is 8.42. The van der Waals surface area contributed by atoms with Crippen LogP contribution in [0.25, 0.3) is 0 Å². The largest absolute Gasteiger partial charge is 0.332 e. The maximum atomic E-state index is 11.7. The summed E-state index contributed by atoms with van der Waals surface area (Å²) in [5.41, 5.74) is 0. The number of amides is 1. The van der Waals surface area contributed by atoms with Crippen molar-refractivity contribution >= 4 is 5.91 Å². The minimum Gasteiger partial charge on any atom is -0.332 e. The lowest BCUT2D eigenvalue weighted by Gasteiger charge is -2.27. The van der Waals surface area contributed by atoms with Gasteiger partial charge < -0.3 is 9.47 Å². The maximum Gasteiger partial charge on any atom is 0.240 e. The molecule has 1 aromatic heterocycles. The number of rotatable bonds is 1. The third kappa shape index (κ3) is 1.68. The van der Waals surface area contributed by atoms with Gasteiger partial charge in [0.25, 0.3) is 0 Å². The summed E-state index contributed by atoms with van der Waals surface area (Å²) in [5.74, 6) is 0.0611. The molecule has 6 heteroatoms. The minimum absolute atomic E-state index is 0.133. The lowest BCUT2D eigenvalue weighted by Crippen LogP contribution is -2.40. The molecule has 6 nitrogen and oxygen atoms in total. The Morgan fingerprint density at radius 2 is 2.47 bits per heavy atom. The van der Waals surface area contributed by atoms with Crippen LogP contribution in [0.3, 0.4) is 0 Å². The summed E-state index contributed by atoms with van der Waals surface area (Å²) in [6.07, 6.45) is 1.66. The highest BCUT2D eigenvalue weighted by molar-refractivity contribution is 5.80. The first kappa shape index (κ1) is 9.65. The lowest BCUT2D eigenvalue weighted by molar-refractivity contribution is -0.134. The summed E-state index contributed by atoms with van der Waals surface area (Å²) in [6.45, 7) is 3.38. The SMILES string of the molecule is CC(C#N)C(=O)N1CCn2cnnc2C1. The number of hydrogen-bond acceptors (Lipinski definition) is 4. The van der Waals surface area contributed by atoms with Crippen molar-refractivity contribution in [3.63, 3.8) is 0 Å². The number of fused-ring (bicyclic) bond motifs is 1. The van der Waals surface area contributed by atoms with Crippen LogP contribution in [0, 0.1) is 17.2 Å². The number of carbonyl (C=O) groups is 1. The number of carbonyl (C=O) groups excluding carboxylic acids is 1. The van der Waals surface area contributed by atoms with Gasteiger partial charge in [0.2, 0.25) is 5.91 Å². The van der Waals surface area contributed by atoms with Gasteiger partial charge in [-0.05, 0) is 6.92 Å². The van der Waals surface area contributed by atoms with Gasteiger partial charge in [-0.15, -0.1) is 10.2 Å². The number of nitrogens with zero attached hydrogens (tertiary/aromatic N) is 5. The molecule has 1 aliphatic heterocycles. The third-order valence-electron chi connectivity index (χ3n) is 2.51. The van der Waals surface area contributed by atoms with E-state index in [9.17, 15) is 4.79 Å². The van der Waals surface area contributed by atoms with Crippen molar-refractivity contribution in [3.05, 3.63) is 12.2 Å². The van der Waals surface area contributed by atoms with E-state index in [2.05, 4.69) is 10.2 Å². The molecule has 2 rings (SSSR count). The van der Waals surface area contributed by atoms with Crippen molar-refractivity contribution in [3.8, 4) is 6.07 Å². The standard InChI is InChI=1S/C9H11N5O/c1-7(4-10)9(15)13-2-3-14-6-11-12-8(14)5-13/h6-7H,2-3,5H2,1H3. The number of aromatic nitrogens is 3. The molecule has 0 aromatic carbocycles. The Morgan fingerprint density at radius 1 is 1.67 bits per heavy atom. The highest BCUT2D eigenvalue weighted by Crippen LogP contribution is 2.11. The third-order valence-corrected chi connectivity index (χ3v) is 2.51. The summed E-state index contributed by atoms with van der Waals surface area (Å²) in [6, 6.07) is 1.95. The van der Waals surface area contributed by atoms with Gasteiger partial charge in [0.05, 0.1) is 12.6 Å². The quantitative estimate of drug-likeness (QED) is 0.635. The van der Waals surface area contributed by atoms with E-state index in [4.69, 9.17) is 5.26 Å². The van der Waals surface area contributed by atoms with Crippen LogP contribution in [0.4, 0.5) is 0 Å². The van der Waals surface area contributed by atoms with Gasteiger partial charge in [0.15, 0.2) is 5.82 Å². The Labute approximate surface area is 87.1 Å². The second-order valence-corrected chi connectivity index (χ2v) is 3.55. The summed E-state index contributed by atoms with van der Waals surface area (Å²) >= 11 is 0. The molecule has 1 amide bonds. The van der Waals surface area contributed by atoms with Crippen LogP contribution in [0.2, 0.25) is 0 Å². The summed E-state index contributed by atoms with van der Waals surface area (Å²) in [7, 11) is 0. The van der Waals surface area contributed by atoms with E-state index in [0.29, 0.717) is 19.6 Å². The van der Waals surface area contributed by atoms with Gasteiger partial charge in [0.1, 0.15) is 12.2 Å². The number of hydrogen-bond donors (Lipinski definition) is 0. The molecule has 2 heterocycles. The molecular weight excluding hydrogens is 194 g/mol. The average molecular weight is 205 g/mol. The van der Waals surface area contributed by atoms with Crippen LogP contribution in [0.1, 0.15) is 12.7 Å². The van der Waals surface area contributed by atoms with Crippen LogP contribution in [0.15, 0.2) is 6.33 Å². The topological polar surface area (TPSA) is 74.8 Å². The normalized spacial score (nSPS) is 16.7. The fraction of sp³-hybridized carbons (Fsp3) is 0.556. The molecule has 0 bridgehead atoms. The number of nitriles is 1. The monoisotopic (exact) mass is 205 g/mol. The first-order valence-corrected chi connectivity index (χ1v) is 4.77. The molecule has 0 fully saturated rings. The molecule has 0 saturated carbocycles. The molecule has 1 aromatic rings. The Morgan fingerprint density at radius 3 is 3.20 bits per heavy atom. The fourth-order valence-electron chi connectivity index (χ4n) is 1.58. The Bertz CT molecular complexity index is 418. The Kier molecular flexibility index (Phi) is 2.37. The predicted molar refractivity (Wildman–Crippen MR) is 50.2 cm³/mol. The molecule has 1 atom stereocenters. The summed E-state index contributed by atoms with van der Waals surface area (Å²) < 4.78 is 1.92. The molecule has 0 spiro atoms. The van der Waals surface area contributed by atoms with E-state index in [1.54, 1.807) is 18.2 Å². The molecule has 15 heavy (non-hydrogen) atoms. The van der Waals surface area contributed by atoms with E-state index in [0.717, 1.165) is 5.82 Å². The van der Waals surface area contributed by atoms with Gasteiger partial charge in [-0.2, -0.15) is 5.26 Å². The predicted octanol–water partition coefficient (Wildman–Crippen LogP) is -0.220. The van der Waals surface area contributed by atoms with E-state index >= 15 is 0 Å². The van der Waals surface area contributed by atoms with Crippen LogP contribution < -0.4 is 0 Å². The van der Waals surface area contributed by atoms with Crippen LogP contribution in [-0.2, 0) is 17.9 Å². The maximum absolute atomic E-state index is 11.7. The van der Waals surface area contributed by atoms with Crippen molar-refractivity contribution < 1.29 is 4.79 Å². The first-order chi connectivity index (χ1) is 7.22. The highest BCUT2D eigenvalue weighted by atomic mass is 16.2. The van der Waals surface area contributed by atoms with Crippen molar-refractivity contribution in [2.75, 3.05) is 6.54 Å². The van der Waals surface area contributed by atoms with Crippen LogP contribution in [0.5, 0.6) is 0 Å². The molecule has 1 aliphatic rings. The minimum atomic E-state index is -0.584. The van der Waals surface area contributed by atoms with Crippen molar-refractivity contribution in [1.82, 2.24) is 19.7 Å². The molecule has 0 radical (unpaired) electrons. The summed E-state index contributed by atoms with van der Waals surface area (Å²) in [5, 5.41) is 16.3. The van der Waals surface area contributed by atoms with Crippen molar-refractivity contribution in [1.29, 1.82) is 5.26 Å². The molecule has 0 N–H and O–H groups in total. The van der Waals surface area contributed by atoms with E-state index in [1.165, 1.54) is 0 Å². The Hall–Kier alpha value is -1.90. The van der Waals surface area contributed by atoms with Crippen LogP contribution in [-0.4, -0.2) is 32.1 Å². The highest BCUT2D eigenvalue weighted by Gasteiger charge is 2.25. The second kappa shape index (κ2) is 3.69. The fourth-order valence-corrected chi connectivity index (χ4v) is 1.58. The zero-order valence-electron chi connectivity index (χ0n) is 8.42. The smallest absolute Gasteiger partial charge is 0.240 e. The first-order valence-electron chi connectivity index (χ1n) is 4.77. The molecule has 0 aliphatic carbocycles.